The van der Waals surface area contributed by atoms with E-state index in [0.717, 1.165) is 12.8 Å². The van der Waals surface area contributed by atoms with Gasteiger partial charge in [0.25, 0.3) is 0 Å². The van der Waals surface area contributed by atoms with Gasteiger partial charge in [-0.2, -0.15) is 4.98 Å². The summed E-state index contributed by atoms with van der Waals surface area (Å²) in [7, 11) is 0. The van der Waals surface area contributed by atoms with Gasteiger partial charge in [-0.05, 0) is 13.3 Å². The summed E-state index contributed by atoms with van der Waals surface area (Å²) in [5, 5.41) is 3.14. The van der Waals surface area contributed by atoms with Crippen LogP contribution in [0, 0.1) is 0 Å². The summed E-state index contributed by atoms with van der Waals surface area (Å²) in [6.45, 7) is 4.23. The van der Waals surface area contributed by atoms with Crippen LogP contribution in [0.25, 0.3) is 0 Å². The lowest BCUT2D eigenvalue weighted by molar-refractivity contribution is 0.683. The zero-order valence-electron chi connectivity index (χ0n) is 7.99. The predicted molar refractivity (Wildman–Crippen MR) is 52.2 cm³/mol. The van der Waals surface area contributed by atoms with Gasteiger partial charge >= 0.3 is 0 Å². The SMILES string of the molecule is CCCC(C)Nc1ncnc(N)n1. The first-order valence-corrected chi connectivity index (χ1v) is 4.43. The first-order chi connectivity index (χ1) is 6.22. The normalized spacial score (nSPS) is 12.5. The van der Waals surface area contributed by atoms with Crippen LogP contribution in [0.2, 0.25) is 0 Å². The van der Waals surface area contributed by atoms with E-state index in [1.807, 2.05) is 0 Å². The molecule has 0 amide bonds. The summed E-state index contributed by atoms with van der Waals surface area (Å²) in [5.74, 6) is 0.801. The van der Waals surface area contributed by atoms with Crippen molar-refractivity contribution in [1.82, 2.24) is 15.0 Å². The summed E-state index contributed by atoms with van der Waals surface area (Å²) < 4.78 is 0. The zero-order chi connectivity index (χ0) is 9.68. The van der Waals surface area contributed by atoms with Gasteiger partial charge in [0.1, 0.15) is 6.33 Å². The van der Waals surface area contributed by atoms with Gasteiger partial charge in [0.15, 0.2) is 0 Å². The van der Waals surface area contributed by atoms with Gasteiger partial charge in [-0.3, -0.25) is 0 Å². The Hall–Kier alpha value is -1.39. The van der Waals surface area contributed by atoms with E-state index in [0.29, 0.717) is 12.0 Å². The van der Waals surface area contributed by atoms with Crippen LogP contribution in [-0.2, 0) is 0 Å². The first-order valence-electron chi connectivity index (χ1n) is 4.43. The minimum absolute atomic E-state index is 0.251. The van der Waals surface area contributed by atoms with Gasteiger partial charge in [0, 0.05) is 6.04 Å². The molecule has 13 heavy (non-hydrogen) atoms. The van der Waals surface area contributed by atoms with Crippen molar-refractivity contribution >= 4 is 11.9 Å². The van der Waals surface area contributed by atoms with Crippen LogP contribution in [0.5, 0.6) is 0 Å². The van der Waals surface area contributed by atoms with Crippen molar-refractivity contribution in [2.45, 2.75) is 32.7 Å². The molecule has 0 fully saturated rings. The molecule has 0 saturated heterocycles. The predicted octanol–water partition coefficient (Wildman–Crippen LogP) is 1.05. The third-order valence-electron chi connectivity index (χ3n) is 1.69. The van der Waals surface area contributed by atoms with E-state index in [-0.39, 0.29) is 5.95 Å². The molecule has 0 aliphatic rings. The fraction of sp³-hybridized carbons (Fsp3) is 0.625. The summed E-state index contributed by atoms with van der Waals surface area (Å²) in [4.78, 5) is 11.6. The monoisotopic (exact) mass is 181 g/mol. The molecule has 1 rings (SSSR count). The Labute approximate surface area is 77.8 Å². The summed E-state index contributed by atoms with van der Waals surface area (Å²) in [6.07, 6.45) is 3.63. The second kappa shape index (κ2) is 4.59. The molecule has 72 valence electrons. The smallest absolute Gasteiger partial charge is 0.227 e. The molecule has 1 atom stereocenters. The van der Waals surface area contributed by atoms with E-state index in [9.17, 15) is 0 Å². The Balaban J connectivity index is 2.53. The minimum Gasteiger partial charge on any atom is -0.368 e. The molecule has 0 aliphatic heterocycles. The largest absolute Gasteiger partial charge is 0.368 e. The van der Waals surface area contributed by atoms with Gasteiger partial charge in [0.05, 0.1) is 0 Å². The number of nitrogens with zero attached hydrogens (tertiary/aromatic N) is 3. The quantitative estimate of drug-likeness (QED) is 0.726. The molecule has 0 aliphatic carbocycles. The minimum atomic E-state index is 0.251. The molecule has 0 spiro atoms. The summed E-state index contributed by atoms with van der Waals surface area (Å²) in [6, 6.07) is 0.367. The van der Waals surface area contributed by atoms with Crippen LogP contribution >= 0.6 is 0 Å². The topological polar surface area (TPSA) is 76.7 Å². The molecule has 1 aromatic heterocycles. The van der Waals surface area contributed by atoms with Crippen molar-refractivity contribution in [2.75, 3.05) is 11.1 Å². The Kier molecular flexibility index (Phi) is 3.42. The standard InChI is InChI=1S/C8H15N5/c1-3-4-6(2)12-8-11-5-10-7(9)13-8/h5-6H,3-4H2,1-2H3,(H3,9,10,11,12,13). The van der Waals surface area contributed by atoms with Crippen LogP contribution in [-0.4, -0.2) is 21.0 Å². The van der Waals surface area contributed by atoms with E-state index >= 15 is 0 Å². The maximum Gasteiger partial charge on any atom is 0.227 e. The van der Waals surface area contributed by atoms with E-state index in [1.165, 1.54) is 6.33 Å². The highest BCUT2D eigenvalue weighted by Crippen LogP contribution is 2.04. The van der Waals surface area contributed by atoms with Gasteiger partial charge in [-0.1, -0.05) is 13.3 Å². The third-order valence-corrected chi connectivity index (χ3v) is 1.69. The maximum absolute atomic E-state index is 5.41. The van der Waals surface area contributed by atoms with Crippen molar-refractivity contribution in [3.63, 3.8) is 0 Å². The highest BCUT2D eigenvalue weighted by atomic mass is 15.2. The average Bonchev–Trinajstić information content (AvgIpc) is 2.04. The van der Waals surface area contributed by atoms with Crippen LogP contribution in [0.3, 0.4) is 0 Å². The van der Waals surface area contributed by atoms with Crippen molar-refractivity contribution in [2.24, 2.45) is 0 Å². The van der Waals surface area contributed by atoms with E-state index in [4.69, 9.17) is 5.73 Å². The van der Waals surface area contributed by atoms with Crippen LogP contribution in [0.1, 0.15) is 26.7 Å². The molecule has 5 nitrogen and oxygen atoms in total. The lowest BCUT2D eigenvalue weighted by atomic mass is 10.2. The van der Waals surface area contributed by atoms with E-state index in [1.54, 1.807) is 0 Å². The summed E-state index contributed by atoms with van der Waals surface area (Å²) >= 11 is 0. The van der Waals surface area contributed by atoms with Gasteiger partial charge < -0.3 is 11.1 Å². The number of anilines is 2. The number of rotatable bonds is 4. The second-order valence-electron chi connectivity index (χ2n) is 3.00. The Bertz CT molecular complexity index is 262. The fourth-order valence-electron chi connectivity index (χ4n) is 1.10. The number of hydrogen-bond acceptors (Lipinski definition) is 5. The number of nitrogens with two attached hydrogens (primary N) is 1. The third kappa shape index (κ3) is 3.23. The summed E-state index contributed by atoms with van der Waals surface area (Å²) in [5.41, 5.74) is 5.41. The van der Waals surface area contributed by atoms with Crippen LogP contribution < -0.4 is 11.1 Å². The molecule has 1 unspecified atom stereocenters. The lowest BCUT2D eigenvalue weighted by Gasteiger charge is -2.11. The molecule has 1 aromatic rings. The van der Waals surface area contributed by atoms with Crippen LogP contribution in [0.4, 0.5) is 11.9 Å². The van der Waals surface area contributed by atoms with Gasteiger partial charge in [0.2, 0.25) is 11.9 Å². The van der Waals surface area contributed by atoms with Crippen molar-refractivity contribution in [3.05, 3.63) is 6.33 Å². The molecule has 1 heterocycles. The number of hydrogen-bond donors (Lipinski definition) is 2. The number of nitrogen functional groups attached to an aromatic ring is 1. The average molecular weight is 181 g/mol. The van der Waals surface area contributed by atoms with Crippen LogP contribution in [0.15, 0.2) is 6.33 Å². The lowest BCUT2D eigenvalue weighted by Crippen LogP contribution is -2.17. The molecule has 0 aromatic carbocycles. The highest BCUT2D eigenvalue weighted by molar-refractivity contribution is 5.29. The number of aromatic nitrogens is 3. The van der Waals surface area contributed by atoms with Crippen molar-refractivity contribution in [3.8, 4) is 0 Å². The molecule has 3 N–H and O–H groups in total. The Morgan fingerprint density at radius 2 is 2.31 bits per heavy atom. The molecule has 0 bridgehead atoms. The van der Waals surface area contributed by atoms with Gasteiger partial charge in [-0.15, -0.1) is 0 Å². The zero-order valence-corrected chi connectivity index (χ0v) is 7.99. The van der Waals surface area contributed by atoms with Crippen molar-refractivity contribution < 1.29 is 0 Å². The first kappa shape index (κ1) is 9.70. The molecular formula is C8H15N5. The Morgan fingerprint density at radius 3 is 2.92 bits per heavy atom. The van der Waals surface area contributed by atoms with E-state index in [2.05, 4.69) is 34.1 Å². The van der Waals surface area contributed by atoms with E-state index < -0.39 is 0 Å². The number of nitrogens with one attached hydrogen (secondary N) is 1. The van der Waals surface area contributed by atoms with Crippen molar-refractivity contribution in [1.29, 1.82) is 0 Å². The maximum atomic E-state index is 5.41. The Morgan fingerprint density at radius 1 is 1.54 bits per heavy atom. The fourth-order valence-corrected chi connectivity index (χ4v) is 1.10. The highest BCUT2D eigenvalue weighted by Gasteiger charge is 2.02. The molecule has 0 radical (unpaired) electrons. The molecule has 5 heteroatoms. The molecular weight excluding hydrogens is 166 g/mol. The second-order valence-corrected chi connectivity index (χ2v) is 3.00. The molecule has 0 saturated carbocycles. The van der Waals surface area contributed by atoms with Gasteiger partial charge in [-0.25, -0.2) is 9.97 Å².